The molecule has 20 heavy (non-hydrogen) atoms. The summed E-state index contributed by atoms with van der Waals surface area (Å²) in [4.78, 5) is 21.4. The summed E-state index contributed by atoms with van der Waals surface area (Å²) in [5, 5.41) is 8.37. The standard InChI is InChI=1S/C16H26O4/c1-2-4-13-6-8-14(9-7-13)5-3-12-20-16(19)11-10-15(17)18/h10-11,13-14H,2-9,12H2,1H3,(H,17,18)/b11-10+. The first-order valence-electron chi connectivity index (χ1n) is 7.69. The lowest BCUT2D eigenvalue weighted by molar-refractivity contribution is -0.138. The van der Waals surface area contributed by atoms with Gasteiger partial charge in [-0.2, -0.15) is 0 Å². The third-order valence-electron chi connectivity index (χ3n) is 4.03. The Morgan fingerprint density at radius 3 is 2.25 bits per heavy atom. The Balaban J connectivity index is 2.05. The van der Waals surface area contributed by atoms with E-state index in [4.69, 9.17) is 9.84 Å². The molecule has 0 spiro atoms. The van der Waals surface area contributed by atoms with Crippen LogP contribution in [0, 0.1) is 11.8 Å². The molecule has 0 radical (unpaired) electrons. The molecule has 114 valence electrons. The molecule has 1 aliphatic carbocycles. The molecular formula is C16H26O4. The molecule has 0 amide bonds. The van der Waals surface area contributed by atoms with Crippen molar-refractivity contribution in [3.05, 3.63) is 12.2 Å². The van der Waals surface area contributed by atoms with Crippen LogP contribution in [0.15, 0.2) is 12.2 Å². The molecule has 0 aromatic carbocycles. The minimum atomic E-state index is -1.13. The van der Waals surface area contributed by atoms with Gasteiger partial charge in [0.1, 0.15) is 0 Å². The molecule has 1 saturated carbocycles. The molecular weight excluding hydrogens is 256 g/mol. The van der Waals surface area contributed by atoms with Crippen molar-refractivity contribution in [2.45, 2.75) is 58.3 Å². The molecule has 1 aliphatic rings. The largest absolute Gasteiger partial charge is 0.478 e. The first-order valence-corrected chi connectivity index (χ1v) is 7.69. The molecule has 0 aromatic rings. The van der Waals surface area contributed by atoms with Crippen LogP contribution >= 0.6 is 0 Å². The molecule has 0 bridgehead atoms. The Labute approximate surface area is 121 Å². The van der Waals surface area contributed by atoms with E-state index in [9.17, 15) is 9.59 Å². The lowest BCUT2D eigenvalue weighted by Crippen LogP contribution is -2.15. The number of carbonyl (C=O) groups is 2. The second-order valence-corrected chi connectivity index (χ2v) is 5.66. The Kier molecular flexibility index (Phi) is 8.00. The van der Waals surface area contributed by atoms with E-state index in [1.54, 1.807) is 0 Å². The fourth-order valence-electron chi connectivity index (χ4n) is 2.95. The Morgan fingerprint density at radius 1 is 1.10 bits per heavy atom. The third-order valence-corrected chi connectivity index (χ3v) is 4.03. The summed E-state index contributed by atoms with van der Waals surface area (Å²) in [6.45, 7) is 2.64. The first-order chi connectivity index (χ1) is 9.61. The predicted octanol–water partition coefficient (Wildman–Crippen LogP) is 3.56. The zero-order chi connectivity index (χ0) is 14.8. The van der Waals surface area contributed by atoms with Crippen LogP contribution in [0.5, 0.6) is 0 Å². The molecule has 0 saturated heterocycles. The highest BCUT2D eigenvalue weighted by atomic mass is 16.5. The van der Waals surface area contributed by atoms with Gasteiger partial charge in [-0.25, -0.2) is 9.59 Å². The molecule has 1 fully saturated rings. The number of hydrogen-bond donors (Lipinski definition) is 1. The van der Waals surface area contributed by atoms with Gasteiger partial charge < -0.3 is 9.84 Å². The monoisotopic (exact) mass is 282 g/mol. The van der Waals surface area contributed by atoms with E-state index < -0.39 is 11.9 Å². The number of carbonyl (C=O) groups excluding carboxylic acids is 1. The van der Waals surface area contributed by atoms with Crippen LogP contribution in [-0.2, 0) is 14.3 Å². The van der Waals surface area contributed by atoms with Crippen molar-refractivity contribution >= 4 is 11.9 Å². The average Bonchev–Trinajstić information content (AvgIpc) is 2.43. The molecule has 0 atom stereocenters. The summed E-state index contributed by atoms with van der Waals surface area (Å²) in [7, 11) is 0. The van der Waals surface area contributed by atoms with Gasteiger partial charge in [0.05, 0.1) is 6.61 Å². The summed E-state index contributed by atoms with van der Waals surface area (Å²) < 4.78 is 4.95. The molecule has 0 unspecified atom stereocenters. The Bertz CT molecular complexity index is 327. The summed E-state index contributed by atoms with van der Waals surface area (Å²) in [5.74, 6) is -0.00329. The van der Waals surface area contributed by atoms with Crippen molar-refractivity contribution in [1.82, 2.24) is 0 Å². The number of hydrogen-bond acceptors (Lipinski definition) is 3. The molecule has 1 N–H and O–H groups in total. The SMILES string of the molecule is CCCC1CCC(CCCOC(=O)/C=C/C(=O)O)CC1. The molecule has 0 heterocycles. The van der Waals surface area contributed by atoms with Gasteiger partial charge in [-0.05, 0) is 24.7 Å². The van der Waals surface area contributed by atoms with Crippen molar-refractivity contribution in [2.75, 3.05) is 6.61 Å². The molecule has 1 rings (SSSR count). The maximum atomic E-state index is 11.1. The van der Waals surface area contributed by atoms with Gasteiger partial charge in [0.25, 0.3) is 0 Å². The topological polar surface area (TPSA) is 63.6 Å². The van der Waals surface area contributed by atoms with E-state index in [1.807, 2.05) is 0 Å². The normalized spacial score (nSPS) is 22.9. The highest BCUT2D eigenvalue weighted by molar-refractivity contribution is 5.90. The van der Waals surface area contributed by atoms with E-state index in [1.165, 1.54) is 38.5 Å². The van der Waals surface area contributed by atoms with Gasteiger partial charge in [-0.15, -0.1) is 0 Å². The maximum absolute atomic E-state index is 11.1. The fraction of sp³-hybridized carbons (Fsp3) is 0.750. The van der Waals surface area contributed by atoms with E-state index in [0.29, 0.717) is 6.61 Å². The first kappa shape index (κ1) is 16.7. The highest BCUT2D eigenvalue weighted by Crippen LogP contribution is 2.33. The van der Waals surface area contributed by atoms with E-state index in [-0.39, 0.29) is 0 Å². The fourth-order valence-corrected chi connectivity index (χ4v) is 2.95. The van der Waals surface area contributed by atoms with Crippen molar-refractivity contribution < 1.29 is 19.4 Å². The maximum Gasteiger partial charge on any atom is 0.331 e. The quantitative estimate of drug-likeness (QED) is 0.420. The van der Waals surface area contributed by atoms with E-state index in [2.05, 4.69) is 6.92 Å². The second-order valence-electron chi connectivity index (χ2n) is 5.66. The number of carboxylic acid groups (broad SMARTS) is 1. The Hall–Kier alpha value is -1.32. The van der Waals surface area contributed by atoms with Crippen molar-refractivity contribution in [3.8, 4) is 0 Å². The second kappa shape index (κ2) is 9.56. The van der Waals surface area contributed by atoms with Crippen LogP contribution in [0.25, 0.3) is 0 Å². The van der Waals surface area contributed by atoms with Crippen LogP contribution < -0.4 is 0 Å². The summed E-state index contributed by atoms with van der Waals surface area (Å²) in [6, 6.07) is 0. The van der Waals surface area contributed by atoms with Crippen molar-refractivity contribution in [3.63, 3.8) is 0 Å². The Morgan fingerprint density at radius 2 is 1.70 bits per heavy atom. The van der Waals surface area contributed by atoms with Crippen LogP contribution in [0.1, 0.15) is 58.3 Å². The zero-order valence-corrected chi connectivity index (χ0v) is 12.3. The zero-order valence-electron chi connectivity index (χ0n) is 12.3. The van der Waals surface area contributed by atoms with Crippen molar-refractivity contribution in [1.29, 1.82) is 0 Å². The van der Waals surface area contributed by atoms with Crippen LogP contribution in [-0.4, -0.2) is 23.7 Å². The number of aliphatic carboxylic acids is 1. The highest BCUT2D eigenvalue weighted by Gasteiger charge is 2.20. The van der Waals surface area contributed by atoms with E-state index >= 15 is 0 Å². The van der Waals surface area contributed by atoms with Gasteiger partial charge >= 0.3 is 11.9 Å². The lowest BCUT2D eigenvalue weighted by atomic mass is 9.78. The summed E-state index contributed by atoms with van der Waals surface area (Å²) in [5.41, 5.74) is 0. The van der Waals surface area contributed by atoms with Gasteiger partial charge in [0.15, 0.2) is 0 Å². The smallest absolute Gasteiger partial charge is 0.331 e. The predicted molar refractivity (Wildman–Crippen MR) is 77.3 cm³/mol. The van der Waals surface area contributed by atoms with Gasteiger partial charge in [-0.1, -0.05) is 45.4 Å². The van der Waals surface area contributed by atoms with Gasteiger partial charge in [0, 0.05) is 12.2 Å². The lowest BCUT2D eigenvalue weighted by Gasteiger charge is -2.28. The summed E-state index contributed by atoms with van der Waals surface area (Å²) >= 11 is 0. The average molecular weight is 282 g/mol. The van der Waals surface area contributed by atoms with Gasteiger partial charge in [-0.3, -0.25) is 0 Å². The van der Waals surface area contributed by atoms with Crippen LogP contribution in [0.2, 0.25) is 0 Å². The minimum Gasteiger partial charge on any atom is -0.478 e. The number of carboxylic acids is 1. The van der Waals surface area contributed by atoms with E-state index in [0.717, 1.165) is 36.8 Å². The molecule has 4 heteroatoms. The molecule has 0 aliphatic heterocycles. The van der Waals surface area contributed by atoms with Gasteiger partial charge in [0.2, 0.25) is 0 Å². The minimum absolute atomic E-state index is 0.387. The molecule has 4 nitrogen and oxygen atoms in total. The summed E-state index contributed by atoms with van der Waals surface area (Å²) in [6.07, 6.45) is 11.7. The molecule has 0 aromatic heterocycles. The number of rotatable bonds is 8. The van der Waals surface area contributed by atoms with Crippen LogP contribution in [0.3, 0.4) is 0 Å². The number of ether oxygens (including phenoxy) is 1. The third kappa shape index (κ3) is 7.31. The number of esters is 1. The van der Waals surface area contributed by atoms with Crippen LogP contribution in [0.4, 0.5) is 0 Å². The van der Waals surface area contributed by atoms with Crippen molar-refractivity contribution in [2.24, 2.45) is 11.8 Å².